The zero-order valence-electron chi connectivity index (χ0n) is 15.3. The second-order valence-electron chi connectivity index (χ2n) is 6.01. The predicted octanol–water partition coefficient (Wildman–Crippen LogP) is 3.70. The van der Waals surface area contributed by atoms with Gasteiger partial charge in [0.05, 0.1) is 6.61 Å². The van der Waals surface area contributed by atoms with E-state index in [0.29, 0.717) is 29.2 Å². The number of aryl methyl sites for hydroxylation is 1. The zero-order chi connectivity index (χ0) is 19.9. The number of aromatic nitrogens is 4. The third-order valence-corrected chi connectivity index (χ3v) is 4.57. The molecule has 0 amide bonds. The van der Waals surface area contributed by atoms with E-state index in [9.17, 15) is 9.90 Å². The average molecular weight is 446 g/mol. The molecule has 146 valence electrons. The Morgan fingerprint density at radius 2 is 2.14 bits per heavy atom. The van der Waals surface area contributed by atoms with E-state index in [4.69, 9.17) is 4.74 Å². The first kappa shape index (κ1) is 19.8. The molecule has 0 aliphatic carbocycles. The van der Waals surface area contributed by atoms with Crippen molar-refractivity contribution in [2.45, 2.75) is 19.4 Å². The van der Waals surface area contributed by atoms with Crippen LogP contribution in [-0.4, -0.2) is 44.5 Å². The quantitative estimate of drug-likeness (QED) is 0.483. The molecule has 3 aromatic rings. The van der Waals surface area contributed by atoms with Gasteiger partial charge < -0.3 is 19.7 Å². The number of anilines is 1. The van der Waals surface area contributed by atoms with Crippen LogP contribution in [0, 0.1) is 0 Å². The lowest BCUT2D eigenvalue weighted by molar-refractivity contribution is 0.0692. The molecule has 0 spiro atoms. The smallest absolute Gasteiger partial charge is 0.339 e. The maximum atomic E-state index is 11.3. The standard InChI is InChI=1S/C19H20BrN5O3/c1-21-17-6-4-5-15(23-17)18-24-22-12-25(18)9-2-3-10-28-16-8-7-13(20)11-14(16)19(26)27/h4-8,11-12H,2-3,9-10H2,1H3,(H,21,23)(H,26,27). The van der Waals surface area contributed by atoms with E-state index in [1.54, 1.807) is 18.5 Å². The van der Waals surface area contributed by atoms with Crippen LogP contribution in [-0.2, 0) is 6.54 Å². The summed E-state index contributed by atoms with van der Waals surface area (Å²) in [6, 6.07) is 10.6. The van der Waals surface area contributed by atoms with Crippen molar-refractivity contribution >= 4 is 27.7 Å². The van der Waals surface area contributed by atoms with Crippen LogP contribution in [0.5, 0.6) is 5.75 Å². The van der Waals surface area contributed by atoms with Crippen LogP contribution >= 0.6 is 15.9 Å². The zero-order valence-corrected chi connectivity index (χ0v) is 16.9. The van der Waals surface area contributed by atoms with Crippen molar-refractivity contribution in [2.24, 2.45) is 0 Å². The van der Waals surface area contributed by atoms with Crippen molar-refractivity contribution in [1.29, 1.82) is 0 Å². The van der Waals surface area contributed by atoms with Gasteiger partial charge in [-0.1, -0.05) is 22.0 Å². The molecule has 0 fully saturated rings. The SMILES string of the molecule is CNc1cccc(-c2nncn2CCCCOc2ccc(Br)cc2C(=O)O)n1. The molecule has 0 saturated carbocycles. The summed E-state index contributed by atoms with van der Waals surface area (Å²) < 4.78 is 8.31. The highest BCUT2D eigenvalue weighted by Crippen LogP contribution is 2.23. The highest BCUT2D eigenvalue weighted by atomic mass is 79.9. The number of carboxylic acid groups (broad SMARTS) is 1. The van der Waals surface area contributed by atoms with Gasteiger partial charge in [-0.15, -0.1) is 10.2 Å². The summed E-state index contributed by atoms with van der Waals surface area (Å²) in [5.41, 5.74) is 0.896. The maximum Gasteiger partial charge on any atom is 0.339 e. The maximum absolute atomic E-state index is 11.3. The van der Waals surface area contributed by atoms with Gasteiger partial charge in [0.25, 0.3) is 0 Å². The molecule has 0 atom stereocenters. The summed E-state index contributed by atoms with van der Waals surface area (Å²) in [6.45, 7) is 1.14. The molecule has 28 heavy (non-hydrogen) atoms. The van der Waals surface area contributed by atoms with Crippen molar-refractivity contribution in [2.75, 3.05) is 19.0 Å². The van der Waals surface area contributed by atoms with Crippen molar-refractivity contribution < 1.29 is 14.6 Å². The summed E-state index contributed by atoms with van der Waals surface area (Å²) in [7, 11) is 1.82. The van der Waals surface area contributed by atoms with Crippen molar-refractivity contribution in [3.8, 4) is 17.3 Å². The van der Waals surface area contributed by atoms with Gasteiger partial charge >= 0.3 is 5.97 Å². The summed E-state index contributed by atoms with van der Waals surface area (Å²) in [4.78, 5) is 15.8. The number of carbonyl (C=O) groups is 1. The number of hydrogen-bond donors (Lipinski definition) is 2. The molecule has 1 aromatic carbocycles. The van der Waals surface area contributed by atoms with E-state index in [1.165, 1.54) is 6.07 Å². The number of nitrogens with zero attached hydrogens (tertiary/aromatic N) is 4. The molecule has 2 heterocycles. The van der Waals surface area contributed by atoms with Gasteiger partial charge in [-0.05, 0) is 43.2 Å². The van der Waals surface area contributed by atoms with Crippen LogP contribution in [0.3, 0.4) is 0 Å². The Hall–Kier alpha value is -2.94. The number of nitrogens with one attached hydrogen (secondary N) is 1. The number of benzene rings is 1. The lowest BCUT2D eigenvalue weighted by Gasteiger charge is -2.10. The van der Waals surface area contributed by atoms with E-state index in [2.05, 4.69) is 36.4 Å². The molecule has 3 rings (SSSR count). The van der Waals surface area contributed by atoms with E-state index in [0.717, 1.165) is 24.4 Å². The fourth-order valence-corrected chi connectivity index (χ4v) is 3.04. The third kappa shape index (κ3) is 4.86. The average Bonchev–Trinajstić information content (AvgIpc) is 3.17. The number of hydrogen-bond acceptors (Lipinski definition) is 6. The molecule has 0 radical (unpaired) electrons. The number of rotatable bonds is 9. The third-order valence-electron chi connectivity index (χ3n) is 4.07. The first-order valence-electron chi connectivity index (χ1n) is 8.77. The topological polar surface area (TPSA) is 102 Å². The fraction of sp³-hybridized carbons (Fsp3) is 0.263. The summed E-state index contributed by atoms with van der Waals surface area (Å²) in [5.74, 6) is 0.832. The number of unbranched alkanes of at least 4 members (excludes halogenated alkanes) is 1. The summed E-state index contributed by atoms with van der Waals surface area (Å²) in [6.07, 6.45) is 3.27. The molecular weight excluding hydrogens is 426 g/mol. The molecule has 8 nitrogen and oxygen atoms in total. The molecule has 2 aromatic heterocycles. The molecule has 0 bridgehead atoms. The first-order chi connectivity index (χ1) is 13.6. The molecule has 0 aliphatic heterocycles. The summed E-state index contributed by atoms with van der Waals surface area (Å²) >= 11 is 3.27. The van der Waals surface area contributed by atoms with Gasteiger partial charge in [0, 0.05) is 18.1 Å². The minimum Gasteiger partial charge on any atom is -0.493 e. The lowest BCUT2D eigenvalue weighted by Crippen LogP contribution is -2.06. The van der Waals surface area contributed by atoms with Crippen molar-refractivity contribution in [3.05, 3.63) is 52.8 Å². The number of pyridine rings is 1. The Kier molecular flexibility index (Phi) is 6.59. The number of aromatic carboxylic acids is 1. The van der Waals surface area contributed by atoms with Gasteiger partial charge in [0.15, 0.2) is 5.82 Å². The highest BCUT2D eigenvalue weighted by molar-refractivity contribution is 9.10. The Balaban J connectivity index is 1.55. The van der Waals surface area contributed by atoms with E-state index in [-0.39, 0.29) is 5.56 Å². The Bertz CT molecular complexity index is 960. The van der Waals surface area contributed by atoms with Crippen LogP contribution in [0.2, 0.25) is 0 Å². The highest BCUT2D eigenvalue weighted by Gasteiger charge is 2.12. The van der Waals surface area contributed by atoms with Crippen molar-refractivity contribution in [3.63, 3.8) is 0 Å². The number of halogens is 1. The van der Waals surface area contributed by atoms with Gasteiger partial charge in [0.1, 0.15) is 29.2 Å². The molecule has 0 aliphatic rings. The molecular formula is C19H20BrN5O3. The van der Waals surface area contributed by atoms with Crippen LogP contribution in [0.1, 0.15) is 23.2 Å². The van der Waals surface area contributed by atoms with Crippen LogP contribution in [0.15, 0.2) is 47.2 Å². The van der Waals surface area contributed by atoms with Crippen LogP contribution in [0.25, 0.3) is 11.5 Å². The number of carboxylic acids is 1. The van der Waals surface area contributed by atoms with Crippen LogP contribution < -0.4 is 10.1 Å². The van der Waals surface area contributed by atoms with E-state index >= 15 is 0 Å². The Labute approximate surface area is 170 Å². The lowest BCUT2D eigenvalue weighted by atomic mass is 10.2. The predicted molar refractivity (Wildman–Crippen MR) is 109 cm³/mol. The molecule has 0 saturated heterocycles. The fourth-order valence-electron chi connectivity index (χ4n) is 2.68. The van der Waals surface area contributed by atoms with Crippen molar-refractivity contribution in [1.82, 2.24) is 19.7 Å². The minimum atomic E-state index is -1.01. The normalized spacial score (nSPS) is 10.6. The van der Waals surface area contributed by atoms with Gasteiger partial charge in [0.2, 0.25) is 0 Å². The van der Waals surface area contributed by atoms with E-state index in [1.807, 2.05) is 29.8 Å². The monoisotopic (exact) mass is 445 g/mol. The van der Waals surface area contributed by atoms with E-state index < -0.39 is 5.97 Å². The molecule has 0 unspecified atom stereocenters. The van der Waals surface area contributed by atoms with Gasteiger partial charge in [-0.3, -0.25) is 0 Å². The summed E-state index contributed by atoms with van der Waals surface area (Å²) in [5, 5.41) is 20.4. The first-order valence-corrected chi connectivity index (χ1v) is 9.56. The van der Waals surface area contributed by atoms with Gasteiger partial charge in [-0.25, -0.2) is 9.78 Å². The second kappa shape index (κ2) is 9.32. The molecule has 2 N–H and O–H groups in total. The Morgan fingerprint density at radius 1 is 1.29 bits per heavy atom. The largest absolute Gasteiger partial charge is 0.493 e. The van der Waals surface area contributed by atoms with Gasteiger partial charge in [-0.2, -0.15) is 0 Å². The van der Waals surface area contributed by atoms with Crippen LogP contribution in [0.4, 0.5) is 5.82 Å². The Morgan fingerprint density at radius 3 is 2.93 bits per heavy atom. The number of ether oxygens (including phenoxy) is 1. The molecule has 9 heteroatoms. The minimum absolute atomic E-state index is 0.144. The second-order valence-corrected chi connectivity index (χ2v) is 6.92.